The number of rotatable bonds is 2. The maximum Gasteiger partial charge on any atom is 0.149 e. The molecule has 0 saturated heterocycles. The summed E-state index contributed by atoms with van der Waals surface area (Å²) in [6.07, 6.45) is 4.39. The van der Waals surface area contributed by atoms with Crippen LogP contribution in [-0.4, -0.2) is 11.0 Å². The first kappa shape index (κ1) is 9.31. The van der Waals surface area contributed by atoms with Crippen LogP contribution in [0, 0.1) is 12.8 Å². The maximum atomic E-state index is 5.87. The fourth-order valence-electron chi connectivity index (χ4n) is 1.77. The van der Waals surface area contributed by atoms with Gasteiger partial charge in [-0.05, 0) is 37.3 Å². The van der Waals surface area contributed by atoms with Gasteiger partial charge in [-0.25, -0.2) is 4.98 Å². The quantitative estimate of drug-likeness (QED) is 0.753. The minimum Gasteiger partial charge on any atom is -0.396 e. The molecule has 1 fully saturated rings. The molecule has 0 bridgehead atoms. The van der Waals surface area contributed by atoms with Crippen molar-refractivity contribution in [2.75, 3.05) is 11.1 Å². The molecule has 0 radical (unpaired) electrons. The van der Waals surface area contributed by atoms with E-state index in [0.29, 0.717) is 6.04 Å². The van der Waals surface area contributed by atoms with E-state index in [1.165, 1.54) is 12.8 Å². The summed E-state index contributed by atoms with van der Waals surface area (Å²) < 4.78 is 0. The molecule has 3 nitrogen and oxygen atoms in total. The summed E-state index contributed by atoms with van der Waals surface area (Å²) in [5, 5.41) is 3.39. The van der Waals surface area contributed by atoms with Gasteiger partial charge in [0.15, 0.2) is 0 Å². The fraction of sp³-hybridized carbons (Fsp3) is 0.545. The smallest absolute Gasteiger partial charge is 0.149 e. The van der Waals surface area contributed by atoms with Crippen molar-refractivity contribution in [1.29, 1.82) is 0 Å². The number of hydrogen-bond donors (Lipinski definition) is 2. The van der Waals surface area contributed by atoms with Crippen molar-refractivity contribution in [2.24, 2.45) is 5.92 Å². The molecule has 76 valence electrons. The number of nitrogens with two attached hydrogens (primary N) is 1. The van der Waals surface area contributed by atoms with E-state index in [1.807, 2.05) is 19.2 Å². The van der Waals surface area contributed by atoms with Gasteiger partial charge in [0.2, 0.25) is 0 Å². The Morgan fingerprint density at radius 2 is 2.29 bits per heavy atom. The second-order valence-corrected chi connectivity index (χ2v) is 4.26. The van der Waals surface area contributed by atoms with Crippen molar-refractivity contribution in [1.82, 2.24) is 4.98 Å². The Bertz CT molecular complexity index is 335. The Morgan fingerprint density at radius 1 is 1.50 bits per heavy atom. The van der Waals surface area contributed by atoms with Gasteiger partial charge in [-0.1, -0.05) is 6.92 Å². The Morgan fingerprint density at radius 3 is 2.79 bits per heavy atom. The van der Waals surface area contributed by atoms with Crippen LogP contribution in [0.25, 0.3) is 0 Å². The van der Waals surface area contributed by atoms with Crippen LogP contribution < -0.4 is 11.1 Å². The zero-order chi connectivity index (χ0) is 10.1. The SMILES string of the molecule is Cc1cnc(NC2CCC2C)c(N)c1. The topological polar surface area (TPSA) is 50.9 Å². The second-order valence-electron chi connectivity index (χ2n) is 4.26. The van der Waals surface area contributed by atoms with E-state index in [4.69, 9.17) is 5.73 Å². The molecule has 1 aromatic heterocycles. The molecule has 2 rings (SSSR count). The van der Waals surface area contributed by atoms with Crippen molar-refractivity contribution in [3.05, 3.63) is 17.8 Å². The maximum absolute atomic E-state index is 5.87. The monoisotopic (exact) mass is 191 g/mol. The third kappa shape index (κ3) is 1.67. The molecule has 0 aliphatic heterocycles. The van der Waals surface area contributed by atoms with Crippen LogP contribution in [0.1, 0.15) is 25.3 Å². The number of nitrogens with one attached hydrogen (secondary N) is 1. The summed E-state index contributed by atoms with van der Waals surface area (Å²) in [5.41, 5.74) is 7.73. The zero-order valence-corrected chi connectivity index (χ0v) is 8.75. The van der Waals surface area contributed by atoms with E-state index >= 15 is 0 Å². The molecule has 1 aliphatic carbocycles. The van der Waals surface area contributed by atoms with Crippen molar-refractivity contribution < 1.29 is 0 Å². The highest BCUT2D eigenvalue weighted by molar-refractivity contribution is 5.62. The highest BCUT2D eigenvalue weighted by Crippen LogP contribution is 2.30. The number of nitrogen functional groups attached to an aromatic ring is 1. The summed E-state index contributed by atoms with van der Waals surface area (Å²) in [4.78, 5) is 4.30. The lowest BCUT2D eigenvalue weighted by atomic mass is 9.81. The van der Waals surface area contributed by atoms with Crippen LogP contribution >= 0.6 is 0 Å². The highest BCUT2D eigenvalue weighted by Gasteiger charge is 2.27. The molecule has 1 saturated carbocycles. The molecular weight excluding hydrogens is 174 g/mol. The van der Waals surface area contributed by atoms with Crippen LogP contribution in [0.15, 0.2) is 12.3 Å². The summed E-state index contributed by atoms with van der Waals surface area (Å²) in [5.74, 6) is 1.59. The lowest BCUT2D eigenvalue weighted by Crippen LogP contribution is -2.36. The largest absolute Gasteiger partial charge is 0.396 e. The number of pyridine rings is 1. The predicted octanol–water partition coefficient (Wildman–Crippen LogP) is 2.18. The van der Waals surface area contributed by atoms with Crippen LogP contribution in [0.2, 0.25) is 0 Å². The molecule has 0 amide bonds. The van der Waals surface area contributed by atoms with Crippen molar-refractivity contribution >= 4 is 11.5 Å². The normalized spacial score (nSPS) is 25.6. The lowest BCUT2D eigenvalue weighted by Gasteiger charge is -2.35. The first-order chi connectivity index (χ1) is 6.66. The van der Waals surface area contributed by atoms with Gasteiger partial charge in [-0.3, -0.25) is 0 Å². The van der Waals surface area contributed by atoms with Gasteiger partial charge in [0, 0.05) is 12.2 Å². The van der Waals surface area contributed by atoms with Gasteiger partial charge < -0.3 is 11.1 Å². The van der Waals surface area contributed by atoms with Crippen LogP contribution in [0.3, 0.4) is 0 Å². The number of aryl methyl sites for hydroxylation is 1. The Labute approximate surface area is 84.7 Å². The third-order valence-corrected chi connectivity index (χ3v) is 3.00. The molecule has 2 atom stereocenters. The fourth-order valence-corrected chi connectivity index (χ4v) is 1.77. The third-order valence-electron chi connectivity index (χ3n) is 3.00. The minimum absolute atomic E-state index is 0.563. The zero-order valence-electron chi connectivity index (χ0n) is 8.75. The number of nitrogens with zero attached hydrogens (tertiary/aromatic N) is 1. The number of aromatic nitrogens is 1. The number of anilines is 2. The summed E-state index contributed by atoms with van der Waals surface area (Å²) >= 11 is 0. The van der Waals surface area contributed by atoms with E-state index in [1.54, 1.807) is 0 Å². The van der Waals surface area contributed by atoms with E-state index in [0.717, 1.165) is 23.0 Å². The summed E-state index contributed by atoms with van der Waals surface area (Å²) in [6.45, 7) is 4.25. The average Bonchev–Trinajstić information content (AvgIpc) is 2.14. The van der Waals surface area contributed by atoms with Crippen molar-refractivity contribution in [3.8, 4) is 0 Å². The Balaban J connectivity index is 2.09. The van der Waals surface area contributed by atoms with Gasteiger partial charge in [-0.2, -0.15) is 0 Å². The van der Waals surface area contributed by atoms with E-state index < -0.39 is 0 Å². The summed E-state index contributed by atoms with van der Waals surface area (Å²) in [7, 11) is 0. The second kappa shape index (κ2) is 3.48. The molecule has 1 heterocycles. The molecule has 0 aromatic carbocycles. The van der Waals surface area contributed by atoms with E-state index in [2.05, 4.69) is 17.2 Å². The van der Waals surface area contributed by atoms with Crippen LogP contribution in [0.5, 0.6) is 0 Å². The molecule has 2 unspecified atom stereocenters. The molecular formula is C11H17N3. The van der Waals surface area contributed by atoms with Gasteiger partial charge >= 0.3 is 0 Å². The summed E-state index contributed by atoms with van der Waals surface area (Å²) in [6, 6.07) is 2.52. The van der Waals surface area contributed by atoms with E-state index in [9.17, 15) is 0 Å². The molecule has 0 spiro atoms. The van der Waals surface area contributed by atoms with Gasteiger partial charge in [0.1, 0.15) is 5.82 Å². The minimum atomic E-state index is 0.563. The molecule has 3 N–H and O–H groups in total. The lowest BCUT2D eigenvalue weighted by molar-refractivity contribution is 0.303. The first-order valence-corrected chi connectivity index (χ1v) is 5.15. The van der Waals surface area contributed by atoms with Gasteiger partial charge in [-0.15, -0.1) is 0 Å². The predicted molar refractivity (Wildman–Crippen MR) is 59.2 cm³/mol. The molecule has 3 heteroatoms. The highest BCUT2D eigenvalue weighted by atomic mass is 15.0. The Hall–Kier alpha value is -1.25. The molecule has 1 aromatic rings. The Kier molecular flexibility index (Phi) is 2.32. The van der Waals surface area contributed by atoms with E-state index in [-0.39, 0.29) is 0 Å². The molecule has 14 heavy (non-hydrogen) atoms. The van der Waals surface area contributed by atoms with Crippen LogP contribution in [0.4, 0.5) is 11.5 Å². The number of hydrogen-bond acceptors (Lipinski definition) is 3. The van der Waals surface area contributed by atoms with Crippen molar-refractivity contribution in [3.63, 3.8) is 0 Å². The molecule has 1 aliphatic rings. The van der Waals surface area contributed by atoms with Gasteiger partial charge in [0.05, 0.1) is 5.69 Å². The first-order valence-electron chi connectivity index (χ1n) is 5.15. The van der Waals surface area contributed by atoms with Crippen LogP contribution in [-0.2, 0) is 0 Å². The average molecular weight is 191 g/mol. The van der Waals surface area contributed by atoms with Crippen molar-refractivity contribution in [2.45, 2.75) is 32.7 Å². The van der Waals surface area contributed by atoms with Gasteiger partial charge in [0.25, 0.3) is 0 Å². The standard InChI is InChI=1S/C11H17N3/c1-7-5-9(12)11(13-6-7)14-10-4-3-8(10)2/h5-6,8,10H,3-4,12H2,1-2H3,(H,13,14).